The second-order valence-corrected chi connectivity index (χ2v) is 9.29. The number of hydrogen-bond acceptors (Lipinski definition) is 5. The van der Waals surface area contributed by atoms with Crippen molar-refractivity contribution in [2.75, 3.05) is 5.32 Å². The minimum Gasteiger partial charge on any atom is -0.364 e. The van der Waals surface area contributed by atoms with E-state index in [0.29, 0.717) is 34.9 Å². The van der Waals surface area contributed by atoms with Crippen LogP contribution in [0.4, 0.5) is 5.82 Å². The number of benzene rings is 1. The SMILES string of the molecule is O=C(N[C@H]1C[C@@H]1c1cccc(Cl)c1)c1cc(NCc2cn3cc(C4CC4)ccc3n2)ncn1. The fourth-order valence-electron chi connectivity index (χ4n) is 4.27. The molecule has 0 aliphatic heterocycles. The van der Waals surface area contributed by atoms with E-state index in [2.05, 4.69) is 48.3 Å². The molecule has 0 radical (unpaired) electrons. The monoisotopic (exact) mass is 458 g/mol. The van der Waals surface area contributed by atoms with E-state index in [1.807, 2.05) is 30.5 Å². The molecule has 0 bridgehead atoms. The molecule has 0 unspecified atom stereocenters. The zero-order valence-corrected chi connectivity index (χ0v) is 18.7. The summed E-state index contributed by atoms with van der Waals surface area (Å²) in [6.45, 7) is 0.512. The van der Waals surface area contributed by atoms with Crippen LogP contribution in [0, 0.1) is 0 Å². The van der Waals surface area contributed by atoms with Gasteiger partial charge in [-0.15, -0.1) is 0 Å². The number of carbonyl (C=O) groups is 1. The Morgan fingerprint density at radius 2 is 2.00 bits per heavy atom. The largest absolute Gasteiger partial charge is 0.364 e. The zero-order valence-electron chi connectivity index (χ0n) is 17.9. The van der Waals surface area contributed by atoms with Crippen LogP contribution in [-0.4, -0.2) is 31.3 Å². The highest BCUT2D eigenvalue weighted by Crippen LogP contribution is 2.41. The molecule has 2 aliphatic rings. The molecule has 2 saturated carbocycles. The molecule has 2 fully saturated rings. The average molecular weight is 459 g/mol. The van der Waals surface area contributed by atoms with Crippen molar-refractivity contribution in [3.05, 3.63) is 88.7 Å². The van der Waals surface area contributed by atoms with Crippen LogP contribution >= 0.6 is 11.6 Å². The Morgan fingerprint density at radius 3 is 2.85 bits per heavy atom. The van der Waals surface area contributed by atoms with E-state index in [4.69, 9.17) is 11.6 Å². The molecule has 3 heterocycles. The predicted octanol–water partition coefficient (Wildman–Crippen LogP) is 4.55. The minimum atomic E-state index is -0.199. The van der Waals surface area contributed by atoms with E-state index in [-0.39, 0.29) is 11.9 Å². The first kappa shape index (κ1) is 20.2. The van der Waals surface area contributed by atoms with Gasteiger partial charge in [0.15, 0.2) is 0 Å². The number of aromatic nitrogens is 4. The number of amides is 1. The summed E-state index contributed by atoms with van der Waals surface area (Å²) >= 11 is 6.09. The van der Waals surface area contributed by atoms with Crippen molar-refractivity contribution in [1.29, 1.82) is 0 Å². The van der Waals surface area contributed by atoms with Crippen LogP contribution in [0.25, 0.3) is 5.65 Å². The lowest BCUT2D eigenvalue weighted by molar-refractivity contribution is 0.0945. The number of hydrogen-bond donors (Lipinski definition) is 2. The molecule has 33 heavy (non-hydrogen) atoms. The highest BCUT2D eigenvalue weighted by atomic mass is 35.5. The van der Waals surface area contributed by atoms with Crippen LogP contribution in [0.5, 0.6) is 0 Å². The number of nitrogens with one attached hydrogen (secondary N) is 2. The maximum atomic E-state index is 12.7. The highest BCUT2D eigenvalue weighted by Gasteiger charge is 2.39. The molecule has 6 rings (SSSR count). The summed E-state index contributed by atoms with van der Waals surface area (Å²) in [4.78, 5) is 25.8. The second kappa shape index (κ2) is 8.15. The normalized spacial score (nSPS) is 19.4. The first-order valence-electron chi connectivity index (χ1n) is 11.2. The van der Waals surface area contributed by atoms with Gasteiger partial charge in [-0.25, -0.2) is 15.0 Å². The van der Waals surface area contributed by atoms with Gasteiger partial charge in [-0.3, -0.25) is 4.79 Å². The topological polar surface area (TPSA) is 84.2 Å². The third-order valence-corrected chi connectivity index (χ3v) is 6.54. The molecule has 0 saturated heterocycles. The zero-order chi connectivity index (χ0) is 22.4. The molecular weight excluding hydrogens is 436 g/mol. The molecule has 7 nitrogen and oxygen atoms in total. The van der Waals surface area contributed by atoms with Crippen LogP contribution in [0.15, 0.2) is 61.2 Å². The van der Waals surface area contributed by atoms with Gasteiger partial charge in [-0.05, 0) is 54.5 Å². The van der Waals surface area contributed by atoms with E-state index in [9.17, 15) is 4.79 Å². The Labute approximate surface area is 196 Å². The van der Waals surface area contributed by atoms with Crippen molar-refractivity contribution >= 4 is 29.0 Å². The van der Waals surface area contributed by atoms with Gasteiger partial charge in [-0.1, -0.05) is 29.8 Å². The van der Waals surface area contributed by atoms with Gasteiger partial charge in [0.2, 0.25) is 0 Å². The summed E-state index contributed by atoms with van der Waals surface area (Å²) in [5.41, 5.74) is 4.70. The number of fused-ring (bicyclic) bond motifs is 1. The maximum Gasteiger partial charge on any atom is 0.270 e. The minimum absolute atomic E-state index is 0.0980. The van der Waals surface area contributed by atoms with E-state index in [0.717, 1.165) is 23.3 Å². The van der Waals surface area contributed by atoms with E-state index >= 15 is 0 Å². The molecule has 3 aromatic heterocycles. The van der Waals surface area contributed by atoms with Crippen molar-refractivity contribution in [2.45, 2.75) is 43.7 Å². The Kier molecular flexibility index (Phi) is 4.99. The number of rotatable bonds is 7. The molecular formula is C25H23ClN6O. The average Bonchev–Trinajstić information content (AvgIpc) is 3.75. The first-order chi connectivity index (χ1) is 16.1. The molecule has 2 aliphatic carbocycles. The van der Waals surface area contributed by atoms with Crippen LogP contribution < -0.4 is 10.6 Å². The Morgan fingerprint density at radius 1 is 1.09 bits per heavy atom. The first-order valence-corrected chi connectivity index (χ1v) is 11.6. The highest BCUT2D eigenvalue weighted by molar-refractivity contribution is 6.30. The summed E-state index contributed by atoms with van der Waals surface area (Å²) in [5.74, 6) is 1.39. The Hall–Kier alpha value is -3.45. The molecule has 4 aromatic rings. The van der Waals surface area contributed by atoms with Crippen LogP contribution in [0.1, 0.15) is 58.4 Å². The van der Waals surface area contributed by atoms with Gasteiger partial charge in [0.1, 0.15) is 23.5 Å². The van der Waals surface area contributed by atoms with Crippen molar-refractivity contribution < 1.29 is 4.79 Å². The van der Waals surface area contributed by atoms with Crippen molar-refractivity contribution in [3.63, 3.8) is 0 Å². The summed E-state index contributed by atoms with van der Waals surface area (Å²) in [7, 11) is 0. The van der Waals surface area contributed by atoms with Gasteiger partial charge >= 0.3 is 0 Å². The third-order valence-electron chi connectivity index (χ3n) is 6.31. The van der Waals surface area contributed by atoms with Gasteiger partial charge in [0, 0.05) is 35.4 Å². The molecule has 1 aromatic carbocycles. The second-order valence-electron chi connectivity index (χ2n) is 8.85. The van der Waals surface area contributed by atoms with E-state index in [1.165, 1.54) is 24.7 Å². The number of pyridine rings is 1. The van der Waals surface area contributed by atoms with Crippen LogP contribution in [-0.2, 0) is 6.54 Å². The van der Waals surface area contributed by atoms with Gasteiger partial charge in [0.05, 0.1) is 12.2 Å². The summed E-state index contributed by atoms with van der Waals surface area (Å²) in [6.07, 6.45) is 9.07. The lowest BCUT2D eigenvalue weighted by atomic mass is 10.1. The number of halogens is 1. The van der Waals surface area contributed by atoms with Gasteiger partial charge in [-0.2, -0.15) is 0 Å². The summed E-state index contributed by atoms with van der Waals surface area (Å²) < 4.78 is 2.08. The van der Waals surface area contributed by atoms with Crippen molar-refractivity contribution in [3.8, 4) is 0 Å². The quantitative estimate of drug-likeness (QED) is 0.424. The maximum absolute atomic E-state index is 12.7. The predicted molar refractivity (Wildman–Crippen MR) is 127 cm³/mol. The van der Waals surface area contributed by atoms with Crippen molar-refractivity contribution in [2.24, 2.45) is 0 Å². The van der Waals surface area contributed by atoms with Crippen LogP contribution in [0.2, 0.25) is 5.02 Å². The summed E-state index contributed by atoms with van der Waals surface area (Å²) in [5, 5.41) is 7.03. The molecule has 1 amide bonds. The smallest absolute Gasteiger partial charge is 0.270 e. The summed E-state index contributed by atoms with van der Waals surface area (Å²) in [6, 6.07) is 13.8. The Bertz CT molecular complexity index is 1350. The number of nitrogens with zero attached hydrogens (tertiary/aromatic N) is 4. The number of anilines is 1. The standard InChI is InChI=1S/C25H23ClN6O/c26-18-3-1-2-16(8-18)20-9-21(20)31-25(33)22-10-23(29-14-28-22)27-11-19-13-32-12-17(15-4-5-15)6-7-24(32)30-19/h1-3,6-8,10,12-15,20-21H,4-5,9,11H2,(H,31,33)(H,27,28,29)/t20-,21+/m1/s1. The lowest BCUT2D eigenvalue weighted by Gasteiger charge is -2.07. The van der Waals surface area contributed by atoms with E-state index < -0.39 is 0 Å². The molecule has 166 valence electrons. The molecule has 2 N–H and O–H groups in total. The van der Waals surface area contributed by atoms with Gasteiger partial charge in [0.25, 0.3) is 5.91 Å². The van der Waals surface area contributed by atoms with Gasteiger partial charge < -0.3 is 15.0 Å². The molecule has 8 heteroatoms. The Balaban J connectivity index is 1.08. The van der Waals surface area contributed by atoms with Crippen LogP contribution in [0.3, 0.4) is 0 Å². The lowest BCUT2D eigenvalue weighted by Crippen LogP contribution is -2.27. The molecule has 2 atom stereocenters. The number of imidazole rings is 1. The van der Waals surface area contributed by atoms with E-state index in [1.54, 1.807) is 6.07 Å². The van der Waals surface area contributed by atoms with Crippen molar-refractivity contribution in [1.82, 2.24) is 24.7 Å². The number of carbonyl (C=O) groups excluding carboxylic acids is 1. The fourth-order valence-corrected chi connectivity index (χ4v) is 4.47. The third kappa shape index (κ3) is 4.41. The molecule has 0 spiro atoms. The fraction of sp³-hybridized carbons (Fsp3) is 0.280.